The third-order valence-electron chi connectivity index (χ3n) is 2.82. The molecule has 0 aliphatic carbocycles. The van der Waals surface area contributed by atoms with E-state index in [-0.39, 0.29) is 16.3 Å². The van der Waals surface area contributed by atoms with Gasteiger partial charge in [-0.25, -0.2) is 9.18 Å². The molecule has 7 heteroatoms. The SMILES string of the molecule is COC(=O)c1c(O)n(CC#N)c(=O)c2ccc(F)cc12. The molecule has 0 bridgehead atoms. The molecule has 0 aliphatic rings. The summed E-state index contributed by atoms with van der Waals surface area (Å²) in [6, 6.07) is 4.90. The van der Waals surface area contributed by atoms with Gasteiger partial charge in [-0.05, 0) is 18.2 Å². The number of pyridine rings is 1. The van der Waals surface area contributed by atoms with Crippen molar-refractivity contribution in [1.82, 2.24) is 4.57 Å². The van der Waals surface area contributed by atoms with E-state index in [1.54, 1.807) is 6.07 Å². The molecule has 0 atom stereocenters. The molecule has 2 aromatic rings. The first-order valence-electron chi connectivity index (χ1n) is 5.51. The van der Waals surface area contributed by atoms with Crippen LogP contribution in [0.5, 0.6) is 5.88 Å². The van der Waals surface area contributed by atoms with Crippen molar-refractivity contribution < 1.29 is 19.0 Å². The van der Waals surface area contributed by atoms with Gasteiger partial charge in [-0.2, -0.15) is 5.26 Å². The van der Waals surface area contributed by atoms with E-state index in [9.17, 15) is 19.1 Å². The Kier molecular flexibility index (Phi) is 3.39. The summed E-state index contributed by atoms with van der Waals surface area (Å²) in [6.45, 7) is -0.442. The van der Waals surface area contributed by atoms with E-state index < -0.39 is 29.8 Å². The van der Waals surface area contributed by atoms with Crippen LogP contribution in [0.2, 0.25) is 0 Å². The number of esters is 1. The van der Waals surface area contributed by atoms with Crippen LogP contribution < -0.4 is 5.56 Å². The maximum Gasteiger partial charge on any atom is 0.343 e. The number of rotatable bonds is 2. The summed E-state index contributed by atoms with van der Waals surface area (Å²) >= 11 is 0. The van der Waals surface area contributed by atoms with Crippen molar-refractivity contribution in [2.24, 2.45) is 0 Å². The zero-order valence-corrected chi connectivity index (χ0v) is 10.4. The van der Waals surface area contributed by atoms with Crippen molar-refractivity contribution in [1.29, 1.82) is 5.26 Å². The minimum absolute atomic E-state index is 0.0138. The monoisotopic (exact) mass is 276 g/mol. The minimum Gasteiger partial charge on any atom is -0.494 e. The number of benzene rings is 1. The molecule has 2 rings (SSSR count). The van der Waals surface area contributed by atoms with Crippen LogP contribution in [-0.4, -0.2) is 22.8 Å². The van der Waals surface area contributed by atoms with Gasteiger partial charge in [-0.3, -0.25) is 9.36 Å². The predicted octanol–water partition coefficient (Wildman–Crippen LogP) is 1.16. The van der Waals surface area contributed by atoms with E-state index in [1.165, 1.54) is 6.07 Å². The second-order valence-corrected chi connectivity index (χ2v) is 3.93. The Balaban J connectivity index is 3.00. The summed E-state index contributed by atoms with van der Waals surface area (Å²) in [5.41, 5.74) is -1.04. The van der Waals surface area contributed by atoms with E-state index in [2.05, 4.69) is 4.74 Å². The predicted molar refractivity (Wildman–Crippen MR) is 66.8 cm³/mol. The molecule has 0 unspecified atom stereocenters. The molecule has 6 nitrogen and oxygen atoms in total. The number of hydrogen-bond donors (Lipinski definition) is 1. The Morgan fingerprint density at radius 1 is 1.50 bits per heavy atom. The van der Waals surface area contributed by atoms with E-state index in [4.69, 9.17) is 5.26 Å². The lowest BCUT2D eigenvalue weighted by molar-refractivity contribution is 0.0598. The summed E-state index contributed by atoms with van der Waals surface area (Å²) in [5, 5.41) is 18.6. The van der Waals surface area contributed by atoms with Gasteiger partial charge in [0.25, 0.3) is 5.56 Å². The minimum atomic E-state index is -0.926. The first kappa shape index (κ1) is 13.5. The molecule has 1 heterocycles. The molecular formula is C13H9FN2O4. The normalized spacial score (nSPS) is 10.2. The molecule has 0 saturated heterocycles. The lowest BCUT2D eigenvalue weighted by Crippen LogP contribution is -2.23. The maximum absolute atomic E-state index is 13.3. The van der Waals surface area contributed by atoms with Crippen LogP contribution in [0.25, 0.3) is 10.8 Å². The van der Waals surface area contributed by atoms with Crippen LogP contribution in [0.3, 0.4) is 0 Å². The van der Waals surface area contributed by atoms with E-state index in [0.29, 0.717) is 0 Å². The van der Waals surface area contributed by atoms with Crippen molar-refractivity contribution in [3.05, 3.63) is 39.9 Å². The molecule has 1 N–H and O–H groups in total. The molecular weight excluding hydrogens is 267 g/mol. The van der Waals surface area contributed by atoms with Crippen molar-refractivity contribution in [2.75, 3.05) is 7.11 Å². The lowest BCUT2D eigenvalue weighted by Gasteiger charge is -2.12. The molecule has 0 spiro atoms. The maximum atomic E-state index is 13.3. The molecule has 0 aliphatic heterocycles. The number of halogens is 1. The summed E-state index contributed by atoms with van der Waals surface area (Å²) in [6.07, 6.45) is 0. The number of carbonyl (C=O) groups is 1. The number of hydrogen-bond acceptors (Lipinski definition) is 5. The smallest absolute Gasteiger partial charge is 0.343 e. The highest BCUT2D eigenvalue weighted by atomic mass is 19.1. The van der Waals surface area contributed by atoms with Crippen LogP contribution in [0.15, 0.2) is 23.0 Å². The second kappa shape index (κ2) is 5.01. The van der Waals surface area contributed by atoms with Crippen molar-refractivity contribution in [3.8, 4) is 11.9 Å². The number of ether oxygens (including phenoxy) is 1. The van der Waals surface area contributed by atoms with Crippen LogP contribution in [0.4, 0.5) is 4.39 Å². The molecule has 0 saturated carbocycles. The standard InChI is InChI=1S/C13H9FN2O4/c1-20-13(19)10-9-6-7(14)2-3-8(9)11(17)16(5-4-15)12(10)18/h2-3,6,18H,5H2,1H3. The summed E-state index contributed by atoms with van der Waals surface area (Å²) in [4.78, 5) is 23.8. The molecule has 1 aromatic heterocycles. The number of aromatic nitrogens is 1. The van der Waals surface area contributed by atoms with Crippen molar-refractivity contribution >= 4 is 16.7 Å². The van der Waals surface area contributed by atoms with E-state index in [1.807, 2.05) is 0 Å². The summed E-state index contributed by atoms with van der Waals surface area (Å²) in [7, 11) is 1.09. The van der Waals surface area contributed by atoms with Gasteiger partial charge in [-0.1, -0.05) is 0 Å². The number of nitrogens with zero attached hydrogens (tertiary/aromatic N) is 2. The third kappa shape index (κ3) is 1.97. The van der Waals surface area contributed by atoms with Gasteiger partial charge in [-0.15, -0.1) is 0 Å². The summed E-state index contributed by atoms with van der Waals surface area (Å²) in [5.74, 6) is -2.31. The average molecular weight is 276 g/mol. The zero-order chi connectivity index (χ0) is 14.9. The highest BCUT2D eigenvalue weighted by molar-refractivity contribution is 6.06. The van der Waals surface area contributed by atoms with Crippen LogP contribution in [0, 0.1) is 17.1 Å². The van der Waals surface area contributed by atoms with Gasteiger partial charge in [0.15, 0.2) is 0 Å². The zero-order valence-electron chi connectivity index (χ0n) is 10.4. The quantitative estimate of drug-likeness (QED) is 0.831. The van der Waals surface area contributed by atoms with Gasteiger partial charge in [0.2, 0.25) is 5.88 Å². The van der Waals surface area contributed by atoms with Gasteiger partial charge >= 0.3 is 5.97 Å². The van der Waals surface area contributed by atoms with Gasteiger partial charge < -0.3 is 9.84 Å². The number of carbonyl (C=O) groups excluding carboxylic acids is 1. The first-order chi connectivity index (χ1) is 9.51. The topological polar surface area (TPSA) is 92.3 Å². The Morgan fingerprint density at radius 3 is 2.80 bits per heavy atom. The van der Waals surface area contributed by atoms with Crippen LogP contribution in [0.1, 0.15) is 10.4 Å². The van der Waals surface area contributed by atoms with E-state index in [0.717, 1.165) is 23.8 Å². The molecule has 0 fully saturated rings. The van der Waals surface area contributed by atoms with Gasteiger partial charge in [0.1, 0.15) is 17.9 Å². The van der Waals surface area contributed by atoms with Crippen LogP contribution >= 0.6 is 0 Å². The number of fused-ring (bicyclic) bond motifs is 1. The largest absolute Gasteiger partial charge is 0.494 e. The third-order valence-corrected chi connectivity index (χ3v) is 2.82. The first-order valence-corrected chi connectivity index (χ1v) is 5.51. The highest BCUT2D eigenvalue weighted by Gasteiger charge is 2.22. The fourth-order valence-electron chi connectivity index (χ4n) is 1.93. The second-order valence-electron chi connectivity index (χ2n) is 3.93. The number of methoxy groups -OCH3 is 1. The summed E-state index contributed by atoms with van der Waals surface area (Å²) < 4.78 is 18.5. The molecule has 102 valence electrons. The Labute approximate surface area is 112 Å². The fourth-order valence-corrected chi connectivity index (χ4v) is 1.93. The van der Waals surface area contributed by atoms with Crippen molar-refractivity contribution in [3.63, 3.8) is 0 Å². The Hall–Kier alpha value is -2.88. The van der Waals surface area contributed by atoms with Gasteiger partial charge in [0.05, 0.1) is 13.2 Å². The highest BCUT2D eigenvalue weighted by Crippen LogP contribution is 2.26. The fraction of sp³-hybridized carbons (Fsp3) is 0.154. The Morgan fingerprint density at radius 2 is 2.20 bits per heavy atom. The number of aromatic hydroxyl groups is 1. The van der Waals surface area contributed by atoms with Crippen molar-refractivity contribution in [2.45, 2.75) is 6.54 Å². The van der Waals surface area contributed by atoms with E-state index >= 15 is 0 Å². The van der Waals surface area contributed by atoms with Crippen LogP contribution in [-0.2, 0) is 11.3 Å². The number of nitriles is 1. The Bertz CT molecular complexity index is 805. The van der Waals surface area contributed by atoms with Gasteiger partial charge in [0, 0.05) is 10.8 Å². The lowest BCUT2D eigenvalue weighted by atomic mass is 10.1. The molecule has 20 heavy (non-hydrogen) atoms. The average Bonchev–Trinajstić information content (AvgIpc) is 2.43. The molecule has 0 radical (unpaired) electrons. The molecule has 0 amide bonds. The molecule has 1 aromatic carbocycles.